The Morgan fingerprint density at radius 3 is 2.83 bits per heavy atom. The van der Waals surface area contributed by atoms with Crippen LogP contribution in [0.15, 0.2) is 39.9 Å². The molecule has 6 N–H and O–H groups in total. The van der Waals surface area contributed by atoms with Gasteiger partial charge in [0.2, 0.25) is 5.96 Å². The van der Waals surface area contributed by atoms with Gasteiger partial charge in [-0.15, -0.1) is 0 Å². The molecule has 1 saturated carbocycles. The number of hydrogen-bond acceptors (Lipinski definition) is 8. The first kappa shape index (κ1) is 17.8. The molecule has 0 bridgehead atoms. The van der Waals surface area contributed by atoms with E-state index in [1.807, 2.05) is 18.2 Å². The minimum atomic E-state index is -0.814. The van der Waals surface area contributed by atoms with Crippen molar-refractivity contribution in [3.05, 3.63) is 36.3 Å². The zero-order valence-corrected chi connectivity index (χ0v) is 16.6. The van der Waals surface area contributed by atoms with Crippen molar-refractivity contribution in [1.29, 1.82) is 0 Å². The lowest BCUT2D eigenvalue weighted by Crippen LogP contribution is -2.44. The summed E-state index contributed by atoms with van der Waals surface area (Å²) in [6, 6.07) is 8.40. The highest BCUT2D eigenvalue weighted by Gasteiger charge is 2.49. The third kappa shape index (κ3) is 3.01. The highest BCUT2D eigenvalue weighted by molar-refractivity contribution is 6.06. The summed E-state index contributed by atoms with van der Waals surface area (Å²) in [5, 5.41) is 18.9. The Kier molecular flexibility index (Phi) is 4.00. The van der Waals surface area contributed by atoms with Crippen molar-refractivity contribution in [2.24, 2.45) is 16.6 Å². The van der Waals surface area contributed by atoms with Gasteiger partial charge in [0, 0.05) is 42.3 Å². The van der Waals surface area contributed by atoms with E-state index < -0.39 is 5.66 Å². The van der Waals surface area contributed by atoms with Crippen molar-refractivity contribution in [3.8, 4) is 0 Å². The van der Waals surface area contributed by atoms with Crippen LogP contribution in [0.5, 0.6) is 0 Å². The minimum Gasteiger partial charge on any atom is -0.463 e. The highest BCUT2D eigenvalue weighted by Crippen LogP contribution is 2.48. The molecule has 1 aromatic carbocycles. The van der Waals surface area contributed by atoms with Crippen LogP contribution < -0.4 is 21.7 Å². The number of nitrogens with zero attached hydrogens (tertiary/aromatic N) is 2. The number of guanidine groups is 1. The summed E-state index contributed by atoms with van der Waals surface area (Å²) in [5.41, 5.74) is 8.56. The molecule has 3 aliphatic rings. The Balaban J connectivity index is 1.24. The molecule has 1 unspecified atom stereocenters. The fourth-order valence-corrected chi connectivity index (χ4v) is 4.35. The molecule has 1 aliphatic carbocycles. The van der Waals surface area contributed by atoms with E-state index >= 15 is 0 Å². The number of nitrogens with one attached hydrogen (secondary N) is 4. The Bertz CT molecular complexity index is 1110. The second-order valence-electron chi connectivity index (χ2n) is 8.34. The van der Waals surface area contributed by atoms with E-state index in [0.717, 1.165) is 67.0 Å². The molecule has 2 fully saturated rings. The van der Waals surface area contributed by atoms with Crippen LogP contribution in [0.1, 0.15) is 31.4 Å². The van der Waals surface area contributed by atoms with Gasteiger partial charge in [0.1, 0.15) is 0 Å². The lowest BCUT2D eigenvalue weighted by atomic mass is 10.0. The van der Waals surface area contributed by atoms with Gasteiger partial charge in [-0.3, -0.25) is 5.10 Å². The number of ether oxygens (including phenoxy) is 1. The van der Waals surface area contributed by atoms with Gasteiger partial charge < -0.3 is 30.8 Å². The van der Waals surface area contributed by atoms with Crippen LogP contribution in [0.2, 0.25) is 0 Å². The second kappa shape index (κ2) is 6.75. The normalized spacial score (nSPS) is 24.2. The fourth-order valence-electron chi connectivity index (χ4n) is 4.35. The minimum absolute atomic E-state index is 0.315. The molecule has 2 aliphatic heterocycles. The predicted molar refractivity (Wildman–Crippen MR) is 116 cm³/mol. The van der Waals surface area contributed by atoms with Gasteiger partial charge in [-0.25, -0.2) is 4.99 Å². The number of hydrogen-bond donors (Lipinski definition) is 5. The number of anilines is 3. The van der Waals surface area contributed by atoms with E-state index in [9.17, 15) is 0 Å². The number of fused-ring (bicyclic) bond motifs is 2. The van der Waals surface area contributed by atoms with Gasteiger partial charge in [-0.1, -0.05) is 0 Å². The topological polar surface area (TPSA) is 126 Å². The van der Waals surface area contributed by atoms with Crippen LogP contribution >= 0.6 is 0 Å². The van der Waals surface area contributed by atoms with Crippen molar-refractivity contribution >= 4 is 34.1 Å². The molecular formula is C21H25N7O2. The summed E-state index contributed by atoms with van der Waals surface area (Å²) in [6.45, 7) is 1.59. The average Bonchev–Trinajstić information content (AvgIpc) is 3.39. The lowest BCUT2D eigenvalue weighted by Gasteiger charge is -2.30. The average molecular weight is 407 g/mol. The van der Waals surface area contributed by atoms with Crippen molar-refractivity contribution in [2.45, 2.75) is 37.4 Å². The monoisotopic (exact) mass is 407 g/mol. The molecule has 0 amide bonds. The smallest absolute Gasteiger partial charge is 0.202 e. The largest absolute Gasteiger partial charge is 0.463 e. The van der Waals surface area contributed by atoms with Gasteiger partial charge in [-0.2, -0.15) is 5.10 Å². The van der Waals surface area contributed by atoms with Crippen molar-refractivity contribution in [2.75, 3.05) is 29.2 Å². The Morgan fingerprint density at radius 1 is 1.13 bits per heavy atom. The molecule has 0 spiro atoms. The molecule has 1 atom stereocenters. The van der Waals surface area contributed by atoms with Gasteiger partial charge in [0.05, 0.1) is 17.5 Å². The zero-order chi connectivity index (χ0) is 20.1. The van der Waals surface area contributed by atoms with Gasteiger partial charge in [-0.05, 0) is 43.9 Å². The van der Waals surface area contributed by atoms with Crippen molar-refractivity contribution in [3.63, 3.8) is 0 Å². The third-order valence-corrected chi connectivity index (χ3v) is 6.17. The molecule has 2 aromatic heterocycles. The fraction of sp³-hybridized carbons (Fsp3) is 0.429. The second-order valence-corrected chi connectivity index (χ2v) is 8.34. The first-order valence-corrected chi connectivity index (χ1v) is 10.5. The number of nitrogens with two attached hydrogens (primary N) is 1. The number of aromatic amines is 1. The summed E-state index contributed by atoms with van der Waals surface area (Å²) in [5.74, 6) is 2.53. The highest BCUT2D eigenvalue weighted by atomic mass is 16.5. The standard InChI is InChI=1S/C21H25N7O2/c22-21(12-1-2-12)18-16(7-10-30-18)25-20(26-21)24-14-3-4-15-17(11-14)27-28-19(15)23-13-5-8-29-9-6-13/h3-4,7,10-13H,1-2,5-6,8-9,22H2,(H2,23,27,28)(H2,24,25,26). The quantitative estimate of drug-likeness (QED) is 0.450. The maximum atomic E-state index is 6.65. The molecule has 4 heterocycles. The Morgan fingerprint density at radius 2 is 2.00 bits per heavy atom. The van der Waals surface area contributed by atoms with Gasteiger partial charge in [0.25, 0.3) is 0 Å². The van der Waals surface area contributed by atoms with E-state index in [-0.39, 0.29) is 0 Å². The number of H-pyrrole nitrogens is 1. The molecule has 9 heteroatoms. The summed E-state index contributed by atoms with van der Waals surface area (Å²) < 4.78 is 11.1. The van der Waals surface area contributed by atoms with Crippen molar-refractivity contribution < 1.29 is 9.15 Å². The predicted octanol–water partition coefficient (Wildman–Crippen LogP) is 3.16. The Hall–Kier alpha value is -3.04. The van der Waals surface area contributed by atoms with Crippen LogP contribution in [0.25, 0.3) is 10.9 Å². The maximum absolute atomic E-state index is 6.65. The van der Waals surface area contributed by atoms with E-state index in [0.29, 0.717) is 23.7 Å². The first-order chi connectivity index (χ1) is 14.7. The molecule has 9 nitrogen and oxygen atoms in total. The number of benzene rings is 1. The van der Waals surface area contributed by atoms with Crippen LogP contribution in [0.4, 0.5) is 17.2 Å². The lowest BCUT2D eigenvalue weighted by molar-refractivity contribution is 0.0904. The maximum Gasteiger partial charge on any atom is 0.202 e. The molecule has 156 valence electrons. The SMILES string of the molecule is NC1(C2CC2)N=C(Nc2ccc3c(NC4CCOCC4)n[nH]c3c2)Nc2ccoc21. The van der Waals surface area contributed by atoms with Crippen molar-refractivity contribution in [1.82, 2.24) is 10.2 Å². The third-order valence-electron chi connectivity index (χ3n) is 6.17. The zero-order valence-electron chi connectivity index (χ0n) is 16.6. The van der Waals surface area contributed by atoms with Crippen LogP contribution in [0, 0.1) is 5.92 Å². The summed E-state index contributed by atoms with van der Waals surface area (Å²) >= 11 is 0. The molecule has 30 heavy (non-hydrogen) atoms. The van der Waals surface area contributed by atoms with Gasteiger partial charge >= 0.3 is 0 Å². The first-order valence-electron chi connectivity index (χ1n) is 10.5. The summed E-state index contributed by atoms with van der Waals surface area (Å²) in [6.07, 6.45) is 5.78. The van der Waals surface area contributed by atoms with E-state index in [1.165, 1.54) is 0 Å². The number of furan rings is 1. The Labute approximate surface area is 173 Å². The van der Waals surface area contributed by atoms with E-state index in [2.05, 4.69) is 32.2 Å². The van der Waals surface area contributed by atoms with Gasteiger partial charge in [0.15, 0.2) is 17.2 Å². The molecule has 1 saturated heterocycles. The van der Waals surface area contributed by atoms with E-state index in [4.69, 9.17) is 19.9 Å². The number of aromatic nitrogens is 2. The summed E-state index contributed by atoms with van der Waals surface area (Å²) in [7, 11) is 0. The number of aliphatic imine (C=N–C) groups is 1. The molecule has 0 radical (unpaired) electrons. The molecule has 6 rings (SSSR count). The van der Waals surface area contributed by atoms with E-state index in [1.54, 1.807) is 6.26 Å². The van der Waals surface area contributed by atoms with Crippen LogP contribution in [0.3, 0.4) is 0 Å². The van der Waals surface area contributed by atoms with Crippen LogP contribution in [-0.2, 0) is 10.4 Å². The van der Waals surface area contributed by atoms with Crippen LogP contribution in [-0.4, -0.2) is 35.4 Å². The molecular weight excluding hydrogens is 382 g/mol. The molecule has 3 aromatic rings. The number of rotatable bonds is 4. The summed E-state index contributed by atoms with van der Waals surface area (Å²) in [4.78, 5) is 4.78.